The van der Waals surface area contributed by atoms with Crippen LogP contribution >= 0.6 is 0 Å². The lowest BCUT2D eigenvalue weighted by Gasteiger charge is -2.25. The SMILES string of the molecule is Cc1ccc(-n2ncc(C(=O)[C@@H]3CCCN3C(=O)C(C)C)c2N)cc1. The molecule has 1 amide bonds. The number of carbonyl (C=O) groups is 2. The zero-order chi connectivity index (χ0) is 18.1. The van der Waals surface area contributed by atoms with E-state index in [-0.39, 0.29) is 17.6 Å². The lowest BCUT2D eigenvalue weighted by atomic mass is 10.0. The number of likely N-dealkylation sites (tertiary alicyclic amines) is 1. The van der Waals surface area contributed by atoms with Gasteiger partial charge in [-0.3, -0.25) is 9.59 Å². The first-order valence-electron chi connectivity index (χ1n) is 8.65. The summed E-state index contributed by atoms with van der Waals surface area (Å²) in [5.41, 5.74) is 8.53. The van der Waals surface area contributed by atoms with Crippen molar-refractivity contribution < 1.29 is 9.59 Å². The molecule has 0 aliphatic carbocycles. The summed E-state index contributed by atoms with van der Waals surface area (Å²) in [4.78, 5) is 27.0. The number of nitrogen functional groups attached to an aromatic ring is 1. The highest BCUT2D eigenvalue weighted by atomic mass is 16.2. The molecule has 6 heteroatoms. The number of hydrogen-bond acceptors (Lipinski definition) is 4. The van der Waals surface area contributed by atoms with Gasteiger partial charge in [0, 0.05) is 12.5 Å². The molecule has 1 saturated heterocycles. The summed E-state index contributed by atoms with van der Waals surface area (Å²) < 4.78 is 1.57. The first-order valence-corrected chi connectivity index (χ1v) is 8.65. The summed E-state index contributed by atoms with van der Waals surface area (Å²) in [6, 6.07) is 7.33. The number of nitrogens with two attached hydrogens (primary N) is 1. The summed E-state index contributed by atoms with van der Waals surface area (Å²) in [5.74, 6) is 0.0847. The highest BCUT2D eigenvalue weighted by molar-refractivity contribution is 6.05. The van der Waals surface area contributed by atoms with Crippen molar-refractivity contribution >= 4 is 17.5 Å². The van der Waals surface area contributed by atoms with E-state index in [1.54, 1.807) is 9.58 Å². The second-order valence-electron chi connectivity index (χ2n) is 6.90. The fraction of sp³-hybridized carbons (Fsp3) is 0.421. The molecule has 0 radical (unpaired) electrons. The molecule has 2 aromatic rings. The highest BCUT2D eigenvalue weighted by Crippen LogP contribution is 2.26. The van der Waals surface area contributed by atoms with Gasteiger partial charge >= 0.3 is 0 Å². The Morgan fingerprint density at radius 2 is 1.92 bits per heavy atom. The molecule has 1 aromatic carbocycles. The Hall–Kier alpha value is -2.63. The number of hydrogen-bond donors (Lipinski definition) is 1. The van der Waals surface area contributed by atoms with Gasteiger partial charge in [0.2, 0.25) is 5.91 Å². The van der Waals surface area contributed by atoms with Crippen LogP contribution in [-0.2, 0) is 4.79 Å². The van der Waals surface area contributed by atoms with Gasteiger partial charge in [-0.2, -0.15) is 5.10 Å². The number of anilines is 1. The van der Waals surface area contributed by atoms with Crippen LogP contribution < -0.4 is 5.73 Å². The zero-order valence-corrected chi connectivity index (χ0v) is 14.9. The van der Waals surface area contributed by atoms with E-state index in [1.807, 2.05) is 45.0 Å². The van der Waals surface area contributed by atoms with Crippen LogP contribution in [0.25, 0.3) is 5.69 Å². The van der Waals surface area contributed by atoms with Crippen molar-refractivity contribution in [3.63, 3.8) is 0 Å². The van der Waals surface area contributed by atoms with Gasteiger partial charge in [0.05, 0.1) is 23.5 Å². The van der Waals surface area contributed by atoms with Crippen LogP contribution in [0.2, 0.25) is 0 Å². The number of amides is 1. The molecule has 3 rings (SSSR count). The van der Waals surface area contributed by atoms with Gasteiger partial charge in [-0.25, -0.2) is 4.68 Å². The van der Waals surface area contributed by atoms with E-state index >= 15 is 0 Å². The Bertz CT molecular complexity index is 792. The van der Waals surface area contributed by atoms with Crippen molar-refractivity contribution in [3.8, 4) is 5.69 Å². The topological polar surface area (TPSA) is 81.2 Å². The number of Topliss-reactive ketones (excluding diaryl/α,β-unsaturated/α-hetero) is 1. The molecule has 1 atom stereocenters. The average Bonchev–Trinajstić information content (AvgIpc) is 3.21. The number of nitrogens with zero attached hydrogens (tertiary/aromatic N) is 3. The van der Waals surface area contributed by atoms with Gasteiger partial charge < -0.3 is 10.6 Å². The van der Waals surface area contributed by atoms with Crippen LogP contribution in [-0.4, -0.2) is 39.0 Å². The Kier molecular flexibility index (Phi) is 4.61. The first kappa shape index (κ1) is 17.2. The van der Waals surface area contributed by atoms with E-state index in [0.717, 1.165) is 17.7 Å². The Morgan fingerprint density at radius 1 is 1.24 bits per heavy atom. The van der Waals surface area contributed by atoms with Crippen molar-refractivity contribution in [3.05, 3.63) is 41.6 Å². The molecule has 2 N–H and O–H groups in total. The molecular weight excluding hydrogens is 316 g/mol. The summed E-state index contributed by atoms with van der Waals surface area (Å²) in [5, 5.41) is 4.28. The fourth-order valence-electron chi connectivity index (χ4n) is 3.25. The summed E-state index contributed by atoms with van der Waals surface area (Å²) in [7, 11) is 0. The van der Waals surface area contributed by atoms with Crippen LogP contribution in [0.5, 0.6) is 0 Å². The number of carbonyl (C=O) groups excluding carboxylic acids is 2. The lowest BCUT2D eigenvalue weighted by Crippen LogP contribution is -2.42. The molecule has 2 heterocycles. The van der Waals surface area contributed by atoms with Crippen LogP contribution in [0.15, 0.2) is 30.5 Å². The first-order chi connectivity index (χ1) is 11.9. The fourth-order valence-corrected chi connectivity index (χ4v) is 3.25. The second kappa shape index (κ2) is 6.70. The maximum absolute atomic E-state index is 13.0. The molecule has 6 nitrogen and oxygen atoms in total. The van der Waals surface area contributed by atoms with Gasteiger partial charge in [-0.1, -0.05) is 31.5 Å². The van der Waals surface area contributed by atoms with E-state index in [0.29, 0.717) is 24.3 Å². The van der Waals surface area contributed by atoms with Crippen LogP contribution in [0.1, 0.15) is 42.6 Å². The number of rotatable bonds is 4. The van der Waals surface area contributed by atoms with Crippen molar-refractivity contribution in [2.45, 2.75) is 39.7 Å². The van der Waals surface area contributed by atoms with Gasteiger partial charge in [0.1, 0.15) is 5.82 Å². The van der Waals surface area contributed by atoms with Crippen LogP contribution in [0.3, 0.4) is 0 Å². The number of ketones is 1. The van der Waals surface area contributed by atoms with Crippen molar-refractivity contribution in [1.29, 1.82) is 0 Å². The molecular formula is C19H24N4O2. The lowest BCUT2D eigenvalue weighted by molar-refractivity contribution is -0.134. The van der Waals surface area contributed by atoms with E-state index in [4.69, 9.17) is 5.73 Å². The third-order valence-corrected chi connectivity index (χ3v) is 4.68. The van der Waals surface area contributed by atoms with E-state index in [2.05, 4.69) is 5.10 Å². The minimum absolute atomic E-state index is 0.0142. The smallest absolute Gasteiger partial charge is 0.225 e. The zero-order valence-electron chi connectivity index (χ0n) is 14.9. The molecule has 25 heavy (non-hydrogen) atoms. The third-order valence-electron chi connectivity index (χ3n) is 4.68. The van der Waals surface area contributed by atoms with E-state index < -0.39 is 6.04 Å². The molecule has 0 saturated carbocycles. The minimum Gasteiger partial charge on any atom is -0.383 e. The standard InChI is InChI=1S/C19H24N4O2/c1-12(2)19(25)22-10-4-5-16(22)17(24)15-11-21-23(18(15)20)14-8-6-13(3)7-9-14/h6-9,11-12,16H,4-5,10,20H2,1-3H3/t16-/m0/s1. The predicted molar refractivity (Wildman–Crippen MR) is 96.6 cm³/mol. The maximum atomic E-state index is 13.0. The monoisotopic (exact) mass is 340 g/mol. The van der Waals surface area contributed by atoms with Gasteiger partial charge in [0.25, 0.3) is 0 Å². The third kappa shape index (κ3) is 3.16. The molecule has 1 aliphatic rings. The van der Waals surface area contributed by atoms with Crippen molar-refractivity contribution in [1.82, 2.24) is 14.7 Å². The number of benzene rings is 1. The van der Waals surface area contributed by atoms with Crippen molar-refractivity contribution in [2.24, 2.45) is 5.92 Å². The highest BCUT2D eigenvalue weighted by Gasteiger charge is 2.36. The van der Waals surface area contributed by atoms with E-state index in [1.165, 1.54) is 6.20 Å². The minimum atomic E-state index is -0.437. The largest absolute Gasteiger partial charge is 0.383 e. The van der Waals surface area contributed by atoms with Crippen LogP contribution in [0.4, 0.5) is 5.82 Å². The molecule has 1 aromatic heterocycles. The Labute approximate surface area is 147 Å². The number of aromatic nitrogens is 2. The van der Waals surface area contributed by atoms with Crippen molar-refractivity contribution in [2.75, 3.05) is 12.3 Å². The van der Waals surface area contributed by atoms with Gasteiger partial charge in [0.15, 0.2) is 5.78 Å². The molecule has 0 bridgehead atoms. The van der Waals surface area contributed by atoms with Gasteiger partial charge in [-0.05, 0) is 31.9 Å². The maximum Gasteiger partial charge on any atom is 0.225 e. The van der Waals surface area contributed by atoms with Gasteiger partial charge in [-0.15, -0.1) is 0 Å². The summed E-state index contributed by atoms with van der Waals surface area (Å²) >= 11 is 0. The molecule has 0 unspecified atom stereocenters. The Morgan fingerprint density at radius 3 is 2.56 bits per heavy atom. The molecule has 0 spiro atoms. The Balaban J connectivity index is 1.88. The molecule has 1 fully saturated rings. The molecule has 1 aliphatic heterocycles. The van der Waals surface area contributed by atoms with E-state index in [9.17, 15) is 9.59 Å². The predicted octanol–water partition coefficient (Wildman–Crippen LogP) is 2.59. The quantitative estimate of drug-likeness (QED) is 0.868. The normalized spacial score (nSPS) is 17.3. The van der Waals surface area contributed by atoms with Crippen LogP contribution in [0, 0.1) is 12.8 Å². The average molecular weight is 340 g/mol. The second-order valence-corrected chi connectivity index (χ2v) is 6.90. The summed E-state index contributed by atoms with van der Waals surface area (Å²) in [6.07, 6.45) is 3.02. The molecule has 132 valence electrons. The summed E-state index contributed by atoms with van der Waals surface area (Å²) in [6.45, 7) is 6.34. The number of aryl methyl sites for hydroxylation is 1.